The van der Waals surface area contributed by atoms with Gasteiger partial charge in [0.2, 0.25) is 0 Å². The molecule has 1 aromatic heterocycles. The number of aryl methyl sites for hydroxylation is 1. The van der Waals surface area contributed by atoms with Crippen molar-refractivity contribution in [1.82, 2.24) is 19.8 Å². The van der Waals surface area contributed by atoms with E-state index in [-0.39, 0.29) is 5.91 Å². The number of imidazole rings is 1. The number of nitrogens with one attached hydrogen (secondary N) is 1. The lowest BCUT2D eigenvalue weighted by Gasteiger charge is -2.13. The quantitative estimate of drug-likeness (QED) is 0.573. The highest BCUT2D eigenvalue weighted by molar-refractivity contribution is 5.94. The number of rotatable bonds is 10. The fourth-order valence-electron chi connectivity index (χ4n) is 3.39. The maximum Gasteiger partial charge on any atom is 0.251 e. The minimum Gasteiger partial charge on any atom is -0.494 e. The first kappa shape index (κ1) is 20.9. The SMILES string of the molecule is CCOc1cccc(C(=O)NCCc2nc3ccccc3n2CCCN(C)C)c1. The maximum atomic E-state index is 12.5. The van der Waals surface area contributed by atoms with Crippen LogP contribution in [0.2, 0.25) is 0 Å². The number of nitrogens with zero attached hydrogens (tertiary/aromatic N) is 3. The van der Waals surface area contributed by atoms with Crippen molar-refractivity contribution in [2.75, 3.05) is 33.8 Å². The van der Waals surface area contributed by atoms with Crippen molar-refractivity contribution in [2.24, 2.45) is 0 Å². The standard InChI is InChI=1S/C23H30N4O2/c1-4-29-19-10-7-9-18(17-19)23(28)24-14-13-22-25-20-11-5-6-12-21(20)27(22)16-8-15-26(2)3/h5-7,9-12,17H,4,8,13-16H2,1-3H3,(H,24,28). The molecule has 2 aromatic carbocycles. The predicted molar refractivity (Wildman–Crippen MR) is 117 cm³/mol. The molecule has 6 heteroatoms. The van der Waals surface area contributed by atoms with E-state index in [0.29, 0.717) is 30.9 Å². The zero-order valence-electron chi connectivity index (χ0n) is 17.5. The van der Waals surface area contributed by atoms with Gasteiger partial charge in [-0.3, -0.25) is 4.79 Å². The molecule has 154 valence electrons. The van der Waals surface area contributed by atoms with Gasteiger partial charge in [-0.25, -0.2) is 4.98 Å². The molecule has 0 saturated carbocycles. The Morgan fingerprint density at radius 2 is 2.00 bits per heavy atom. The molecule has 3 aromatic rings. The Hall–Kier alpha value is -2.86. The molecule has 0 aliphatic rings. The fourth-order valence-corrected chi connectivity index (χ4v) is 3.39. The number of carbonyl (C=O) groups excluding carboxylic acids is 1. The molecule has 0 aliphatic heterocycles. The molecule has 0 spiro atoms. The van der Waals surface area contributed by atoms with Gasteiger partial charge < -0.3 is 19.5 Å². The fraction of sp³-hybridized carbons (Fsp3) is 0.391. The zero-order chi connectivity index (χ0) is 20.6. The van der Waals surface area contributed by atoms with E-state index in [0.717, 1.165) is 36.4 Å². The van der Waals surface area contributed by atoms with Crippen LogP contribution in [0.15, 0.2) is 48.5 Å². The molecule has 0 radical (unpaired) electrons. The summed E-state index contributed by atoms with van der Waals surface area (Å²) < 4.78 is 7.76. The van der Waals surface area contributed by atoms with Crippen LogP contribution in [-0.2, 0) is 13.0 Å². The van der Waals surface area contributed by atoms with Gasteiger partial charge in [-0.2, -0.15) is 0 Å². The summed E-state index contributed by atoms with van der Waals surface area (Å²) in [6.45, 7) is 4.98. The van der Waals surface area contributed by atoms with Crippen molar-refractivity contribution < 1.29 is 9.53 Å². The number of hydrogen-bond acceptors (Lipinski definition) is 4. The Kier molecular flexibility index (Phi) is 7.25. The Morgan fingerprint density at radius 1 is 1.17 bits per heavy atom. The summed E-state index contributed by atoms with van der Waals surface area (Å²) in [5, 5.41) is 3.01. The van der Waals surface area contributed by atoms with Crippen LogP contribution in [0.5, 0.6) is 5.75 Å². The van der Waals surface area contributed by atoms with Gasteiger partial charge in [-0.15, -0.1) is 0 Å². The number of benzene rings is 2. The molecule has 0 saturated heterocycles. The van der Waals surface area contributed by atoms with E-state index in [1.54, 1.807) is 12.1 Å². The van der Waals surface area contributed by atoms with Gasteiger partial charge in [0.15, 0.2) is 0 Å². The van der Waals surface area contributed by atoms with Crippen molar-refractivity contribution in [1.29, 1.82) is 0 Å². The smallest absolute Gasteiger partial charge is 0.251 e. The summed E-state index contributed by atoms with van der Waals surface area (Å²) >= 11 is 0. The van der Waals surface area contributed by atoms with E-state index < -0.39 is 0 Å². The van der Waals surface area contributed by atoms with Crippen LogP contribution < -0.4 is 10.1 Å². The first-order chi connectivity index (χ1) is 14.1. The molecular weight excluding hydrogens is 364 g/mol. The highest BCUT2D eigenvalue weighted by Gasteiger charge is 2.12. The summed E-state index contributed by atoms with van der Waals surface area (Å²) in [6, 6.07) is 15.5. The van der Waals surface area contributed by atoms with Crippen molar-refractivity contribution in [3.8, 4) is 5.75 Å². The lowest BCUT2D eigenvalue weighted by atomic mass is 10.2. The van der Waals surface area contributed by atoms with Crippen molar-refractivity contribution in [3.05, 3.63) is 59.9 Å². The van der Waals surface area contributed by atoms with E-state index in [2.05, 4.69) is 34.9 Å². The summed E-state index contributed by atoms with van der Waals surface area (Å²) in [5.74, 6) is 1.62. The van der Waals surface area contributed by atoms with E-state index in [1.807, 2.05) is 37.3 Å². The van der Waals surface area contributed by atoms with Gasteiger partial charge in [0.05, 0.1) is 17.6 Å². The Balaban J connectivity index is 1.65. The largest absolute Gasteiger partial charge is 0.494 e. The van der Waals surface area contributed by atoms with Crippen molar-refractivity contribution >= 4 is 16.9 Å². The number of ether oxygens (including phenoxy) is 1. The van der Waals surface area contributed by atoms with Crippen LogP contribution in [0.4, 0.5) is 0 Å². The van der Waals surface area contributed by atoms with E-state index in [1.165, 1.54) is 0 Å². The van der Waals surface area contributed by atoms with Crippen molar-refractivity contribution in [2.45, 2.75) is 26.3 Å². The molecule has 1 N–H and O–H groups in total. The summed E-state index contributed by atoms with van der Waals surface area (Å²) in [6.07, 6.45) is 1.74. The minimum atomic E-state index is -0.0955. The predicted octanol–water partition coefficient (Wildman–Crippen LogP) is 3.36. The van der Waals surface area contributed by atoms with Crippen LogP contribution in [0.1, 0.15) is 29.5 Å². The molecule has 0 aliphatic carbocycles. The zero-order valence-corrected chi connectivity index (χ0v) is 17.5. The molecule has 1 heterocycles. The third-order valence-electron chi connectivity index (χ3n) is 4.76. The lowest BCUT2D eigenvalue weighted by molar-refractivity contribution is 0.0953. The highest BCUT2D eigenvalue weighted by Crippen LogP contribution is 2.17. The first-order valence-electron chi connectivity index (χ1n) is 10.2. The number of fused-ring (bicyclic) bond motifs is 1. The average molecular weight is 395 g/mol. The van der Waals surface area contributed by atoms with Gasteiger partial charge in [-0.05, 0) is 64.3 Å². The highest BCUT2D eigenvalue weighted by atomic mass is 16.5. The van der Waals surface area contributed by atoms with Crippen molar-refractivity contribution in [3.63, 3.8) is 0 Å². The minimum absolute atomic E-state index is 0.0955. The third kappa shape index (κ3) is 5.57. The number of carbonyl (C=O) groups is 1. The lowest BCUT2D eigenvalue weighted by Crippen LogP contribution is -2.26. The molecule has 29 heavy (non-hydrogen) atoms. The molecule has 6 nitrogen and oxygen atoms in total. The number of hydrogen-bond donors (Lipinski definition) is 1. The maximum absolute atomic E-state index is 12.5. The first-order valence-corrected chi connectivity index (χ1v) is 10.2. The Bertz CT molecular complexity index is 949. The normalized spacial score (nSPS) is 11.2. The Morgan fingerprint density at radius 3 is 2.79 bits per heavy atom. The second kappa shape index (κ2) is 10.1. The topological polar surface area (TPSA) is 59.4 Å². The number of amides is 1. The van der Waals surface area contributed by atoms with Gasteiger partial charge in [0.1, 0.15) is 11.6 Å². The van der Waals surface area contributed by atoms with Crippen LogP contribution in [0.25, 0.3) is 11.0 Å². The number of aromatic nitrogens is 2. The summed E-state index contributed by atoms with van der Waals surface area (Å²) in [7, 11) is 4.17. The third-order valence-corrected chi connectivity index (χ3v) is 4.76. The van der Waals surface area contributed by atoms with Crippen LogP contribution in [-0.4, -0.2) is 54.1 Å². The number of para-hydroxylation sites is 2. The van der Waals surface area contributed by atoms with Crippen LogP contribution in [0, 0.1) is 0 Å². The molecular formula is C23H30N4O2. The van der Waals surface area contributed by atoms with E-state index >= 15 is 0 Å². The van der Waals surface area contributed by atoms with Gasteiger partial charge >= 0.3 is 0 Å². The molecule has 0 bridgehead atoms. The second-order valence-corrected chi connectivity index (χ2v) is 7.29. The molecule has 0 fully saturated rings. The molecule has 0 unspecified atom stereocenters. The van der Waals surface area contributed by atoms with Crippen LogP contribution >= 0.6 is 0 Å². The average Bonchev–Trinajstić information content (AvgIpc) is 3.06. The summed E-state index contributed by atoms with van der Waals surface area (Å²) in [4.78, 5) is 19.5. The molecule has 1 amide bonds. The van der Waals surface area contributed by atoms with Gasteiger partial charge in [0, 0.05) is 25.1 Å². The Labute approximate surface area is 172 Å². The van der Waals surface area contributed by atoms with Crippen LogP contribution in [0.3, 0.4) is 0 Å². The second-order valence-electron chi connectivity index (χ2n) is 7.29. The van der Waals surface area contributed by atoms with E-state index in [4.69, 9.17) is 9.72 Å². The molecule has 3 rings (SSSR count). The summed E-state index contributed by atoms with van der Waals surface area (Å²) in [5.41, 5.74) is 2.76. The van der Waals surface area contributed by atoms with Gasteiger partial charge in [-0.1, -0.05) is 18.2 Å². The van der Waals surface area contributed by atoms with E-state index in [9.17, 15) is 4.79 Å². The monoisotopic (exact) mass is 394 g/mol. The molecule has 0 atom stereocenters. The van der Waals surface area contributed by atoms with Gasteiger partial charge in [0.25, 0.3) is 5.91 Å².